The maximum absolute atomic E-state index is 12.3. The van der Waals surface area contributed by atoms with E-state index in [0.29, 0.717) is 23.9 Å². The highest BCUT2D eigenvalue weighted by molar-refractivity contribution is 7.17. The maximum Gasteiger partial charge on any atom is 0.263 e. The number of nitrogens with one attached hydrogen (secondary N) is 2. The van der Waals surface area contributed by atoms with Crippen LogP contribution in [-0.2, 0) is 6.42 Å². The number of fused-ring (bicyclic) bond motifs is 1. The molecule has 6 heteroatoms. The number of carbonyl (C=O) groups is 1. The molecule has 1 aromatic heterocycles. The lowest BCUT2D eigenvalue weighted by Gasteiger charge is -2.25. The van der Waals surface area contributed by atoms with Crippen molar-refractivity contribution in [2.75, 3.05) is 25.5 Å². The molecule has 2 heterocycles. The average molecular weight is 317 g/mol. The van der Waals surface area contributed by atoms with E-state index >= 15 is 0 Å². The number of thiazole rings is 1. The molecule has 1 atom stereocenters. The minimum atomic E-state index is -0.0599. The number of ether oxygens (including phenoxy) is 1. The number of aryl methyl sites for hydroxylation is 1. The summed E-state index contributed by atoms with van der Waals surface area (Å²) in [7, 11) is 1.80. The zero-order chi connectivity index (χ0) is 15.5. The first-order chi connectivity index (χ1) is 10.7. The lowest BCUT2D eigenvalue weighted by atomic mass is 9.97. The minimum Gasteiger partial charge on any atom is -0.493 e. The van der Waals surface area contributed by atoms with Crippen LogP contribution in [0.15, 0.2) is 24.3 Å². The summed E-state index contributed by atoms with van der Waals surface area (Å²) < 4.78 is 5.75. The van der Waals surface area contributed by atoms with Crippen LogP contribution in [0.2, 0.25) is 0 Å². The van der Waals surface area contributed by atoms with Gasteiger partial charge in [-0.1, -0.05) is 29.5 Å². The van der Waals surface area contributed by atoms with Crippen LogP contribution in [0.25, 0.3) is 0 Å². The molecule has 0 saturated heterocycles. The standard InChI is InChI=1S/C16H19N3O2S/c1-10-14(22-16(17-2)19-10)15(20)18-8-11-7-12-5-3-4-6-13(12)21-9-11/h3-6,11H,7-9H2,1-2H3,(H,17,19)(H,18,20)/t11-/m1/s1. The number of carbonyl (C=O) groups excluding carboxylic acids is 1. The van der Waals surface area contributed by atoms with E-state index in [1.165, 1.54) is 16.9 Å². The molecule has 0 radical (unpaired) electrons. The van der Waals surface area contributed by atoms with Crippen molar-refractivity contribution in [2.45, 2.75) is 13.3 Å². The molecular formula is C16H19N3O2S. The molecule has 1 amide bonds. The summed E-state index contributed by atoms with van der Waals surface area (Å²) in [6.07, 6.45) is 0.930. The van der Waals surface area contributed by atoms with E-state index in [1.807, 2.05) is 25.1 Å². The zero-order valence-electron chi connectivity index (χ0n) is 12.7. The van der Waals surface area contributed by atoms with E-state index in [0.717, 1.165) is 23.0 Å². The van der Waals surface area contributed by atoms with E-state index in [1.54, 1.807) is 7.05 Å². The monoisotopic (exact) mass is 317 g/mol. The Hall–Kier alpha value is -2.08. The summed E-state index contributed by atoms with van der Waals surface area (Å²) in [6.45, 7) is 3.10. The zero-order valence-corrected chi connectivity index (χ0v) is 13.5. The third kappa shape index (κ3) is 3.06. The fourth-order valence-electron chi connectivity index (χ4n) is 2.55. The summed E-state index contributed by atoms with van der Waals surface area (Å²) >= 11 is 1.38. The van der Waals surface area contributed by atoms with Crippen molar-refractivity contribution >= 4 is 22.4 Å². The number of para-hydroxylation sites is 1. The Morgan fingerprint density at radius 2 is 2.27 bits per heavy atom. The summed E-state index contributed by atoms with van der Waals surface area (Å²) in [6, 6.07) is 8.07. The molecule has 22 heavy (non-hydrogen) atoms. The predicted molar refractivity (Wildman–Crippen MR) is 87.9 cm³/mol. The van der Waals surface area contributed by atoms with E-state index in [2.05, 4.69) is 21.7 Å². The SMILES string of the molecule is CNc1nc(C)c(C(=O)NC[C@@H]2COc3ccccc3C2)s1. The molecule has 0 unspecified atom stereocenters. The molecule has 5 nitrogen and oxygen atoms in total. The number of nitrogens with zero attached hydrogens (tertiary/aromatic N) is 1. The van der Waals surface area contributed by atoms with Crippen molar-refractivity contribution < 1.29 is 9.53 Å². The Kier molecular flexibility index (Phi) is 4.29. The van der Waals surface area contributed by atoms with Gasteiger partial charge in [-0.3, -0.25) is 4.79 Å². The first-order valence-corrected chi connectivity index (χ1v) is 8.13. The molecule has 2 N–H and O–H groups in total. The highest BCUT2D eigenvalue weighted by atomic mass is 32.1. The molecule has 1 aliphatic rings. The molecule has 0 bridgehead atoms. The number of aromatic nitrogens is 1. The van der Waals surface area contributed by atoms with Gasteiger partial charge in [0.25, 0.3) is 5.91 Å². The van der Waals surface area contributed by atoms with Crippen LogP contribution < -0.4 is 15.4 Å². The molecule has 0 fully saturated rings. The highest BCUT2D eigenvalue weighted by Gasteiger charge is 2.21. The van der Waals surface area contributed by atoms with Gasteiger partial charge in [-0.25, -0.2) is 4.98 Å². The van der Waals surface area contributed by atoms with Crippen LogP contribution in [-0.4, -0.2) is 31.1 Å². The van der Waals surface area contributed by atoms with Crippen LogP contribution in [0.5, 0.6) is 5.75 Å². The van der Waals surface area contributed by atoms with Gasteiger partial charge in [0.05, 0.1) is 12.3 Å². The molecular weight excluding hydrogens is 298 g/mol. The fourth-order valence-corrected chi connectivity index (χ4v) is 3.39. The Labute approximate surface area is 133 Å². The molecule has 116 valence electrons. The summed E-state index contributed by atoms with van der Waals surface area (Å²) in [4.78, 5) is 17.2. The lowest BCUT2D eigenvalue weighted by Crippen LogP contribution is -2.34. The molecule has 1 aliphatic heterocycles. The number of anilines is 1. The van der Waals surface area contributed by atoms with Crippen LogP contribution in [0, 0.1) is 12.8 Å². The molecule has 3 rings (SSSR count). The topological polar surface area (TPSA) is 63.2 Å². The predicted octanol–water partition coefficient (Wildman–Crippen LogP) is 2.47. The smallest absolute Gasteiger partial charge is 0.263 e. The van der Waals surface area contributed by atoms with Gasteiger partial charge < -0.3 is 15.4 Å². The molecule has 0 spiro atoms. The minimum absolute atomic E-state index is 0.0599. The normalized spacial score (nSPS) is 16.5. The third-order valence-corrected chi connectivity index (χ3v) is 4.90. The van der Waals surface area contributed by atoms with Crippen LogP contribution >= 0.6 is 11.3 Å². The van der Waals surface area contributed by atoms with Gasteiger partial charge in [0.1, 0.15) is 10.6 Å². The van der Waals surface area contributed by atoms with E-state index in [4.69, 9.17) is 4.74 Å². The largest absolute Gasteiger partial charge is 0.493 e. The second-order valence-electron chi connectivity index (χ2n) is 5.38. The lowest BCUT2D eigenvalue weighted by molar-refractivity contribution is 0.0942. The van der Waals surface area contributed by atoms with Gasteiger partial charge in [0.15, 0.2) is 5.13 Å². The maximum atomic E-state index is 12.3. The molecule has 1 aromatic carbocycles. The van der Waals surface area contributed by atoms with Crippen LogP contribution in [0.3, 0.4) is 0 Å². The van der Waals surface area contributed by atoms with Gasteiger partial charge in [0.2, 0.25) is 0 Å². The van der Waals surface area contributed by atoms with Crippen molar-refractivity contribution in [3.8, 4) is 5.75 Å². The number of hydrogen-bond acceptors (Lipinski definition) is 5. The van der Waals surface area contributed by atoms with Gasteiger partial charge in [-0.2, -0.15) is 0 Å². The Morgan fingerprint density at radius 1 is 1.45 bits per heavy atom. The molecule has 0 aliphatic carbocycles. The summed E-state index contributed by atoms with van der Waals surface area (Å²) in [5.74, 6) is 1.20. The fraction of sp³-hybridized carbons (Fsp3) is 0.375. The first kappa shape index (κ1) is 14.8. The number of rotatable bonds is 4. The Bertz CT molecular complexity index is 684. The van der Waals surface area contributed by atoms with Gasteiger partial charge in [-0.15, -0.1) is 0 Å². The Balaban J connectivity index is 1.59. The van der Waals surface area contributed by atoms with E-state index in [9.17, 15) is 4.79 Å². The van der Waals surface area contributed by atoms with Crippen molar-refractivity contribution in [3.05, 3.63) is 40.4 Å². The van der Waals surface area contributed by atoms with Gasteiger partial charge in [-0.05, 0) is 25.0 Å². The van der Waals surface area contributed by atoms with Crippen molar-refractivity contribution in [1.82, 2.24) is 10.3 Å². The number of hydrogen-bond donors (Lipinski definition) is 2. The van der Waals surface area contributed by atoms with Gasteiger partial charge >= 0.3 is 0 Å². The van der Waals surface area contributed by atoms with E-state index in [-0.39, 0.29) is 5.91 Å². The van der Waals surface area contributed by atoms with Crippen LogP contribution in [0.4, 0.5) is 5.13 Å². The molecule has 2 aromatic rings. The average Bonchev–Trinajstić information content (AvgIpc) is 2.93. The molecule has 0 saturated carbocycles. The Morgan fingerprint density at radius 3 is 3.05 bits per heavy atom. The van der Waals surface area contributed by atoms with Crippen molar-refractivity contribution in [2.24, 2.45) is 5.92 Å². The van der Waals surface area contributed by atoms with Crippen molar-refractivity contribution in [1.29, 1.82) is 0 Å². The quantitative estimate of drug-likeness (QED) is 0.909. The second-order valence-corrected chi connectivity index (χ2v) is 6.38. The second kappa shape index (κ2) is 6.36. The summed E-state index contributed by atoms with van der Waals surface area (Å²) in [5.41, 5.74) is 1.97. The third-order valence-electron chi connectivity index (χ3n) is 3.72. The van der Waals surface area contributed by atoms with E-state index < -0.39 is 0 Å². The summed E-state index contributed by atoms with van der Waals surface area (Å²) in [5, 5.41) is 6.73. The first-order valence-electron chi connectivity index (χ1n) is 7.31. The number of benzene rings is 1. The van der Waals surface area contributed by atoms with Crippen molar-refractivity contribution in [3.63, 3.8) is 0 Å². The van der Waals surface area contributed by atoms with Gasteiger partial charge in [0, 0.05) is 19.5 Å². The van der Waals surface area contributed by atoms with Crippen LogP contribution in [0.1, 0.15) is 20.9 Å². The number of amides is 1. The highest BCUT2D eigenvalue weighted by Crippen LogP contribution is 2.27.